The zero-order chi connectivity index (χ0) is 15.1. The van der Waals surface area contributed by atoms with Crippen LogP contribution in [0.5, 0.6) is 0 Å². The Morgan fingerprint density at radius 3 is 2.71 bits per heavy atom. The molecule has 116 valence electrons. The number of aliphatic hydroxyl groups excluding tert-OH is 1. The number of benzene rings is 1. The molecule has 1 aromatic carbocycles. The van der Waals surface area contributed by atoms with E-state index in [2.05, 4.69) is 10.6 Å². The predicted octanol–water partition coefficient (Wildman–Crippen LogP) is 2.89. The Morgan fingerprint density at radius 2 is 2.05 bits per heavy atom. The van der Waals surface area contributed by atoms with Gasteiger partial charge in [-0.3, -0.25) is 0 Å². The molecule has 2 atom stereocenters. The lowest BCUT2D eigenvalue weighted by atomic mass is 10.1. The number of halogens is 1. The van der Waals surface area contributed by atoms with Crippen molar-refractivity contribution >= 4 is 29.4 Å². The molecule has 6 heteroatoms. The van der Waals surface area contributed by atoms with Gasteiger partial charge >= 0.3 is 6.03 Å². The van der Waals surface area contributed by atoms with E-state index in [-0.39, 0.29) is 12.1 Å². The summed E-state index contributed by atoms with van der Waals surface area (Å²) in [5, 5.41) is 15.9. The Morgan fingerprint density at radius 1 is 1.29 bits per heavy atom. The third-order valence-electron chi connectivity index (χ3n) is 3.53. The van der Waals surface area contributed by atoms with E-state index >= 15 is 0 Å². The summed E-state index contributed by atoms with van der Waals surface area (Å²) >= 11 is 7.50. The Bertz CT molecular complexity index is 455. The molecule has 0 unspecified atom stereocenters. The third kappa shape index (κ3) is 6.16. The maximum atomic E-state index is 11.6. The molecule has 0 aromatic heterocycles. The number of urea groups is 1. The number of amides is 2. The fourth-order valence-electron chi connectivity index (χ4n) is 2.40. The van der Waals surface area contributed by atoms with Gasteiger partial charge in [-0.05, 0) is 49.4 Å². The van der Waals surface area contributed by atoms with E-state index in [0.29, 0.717) is 19.0 Å². The number of aliphatic hydroxyl groups is 1. The summed E-state index contributed by atoms with van der Waals surface area (Å²) in [5.41, 5.74) is 0. The van der Waals surface area contributed by atoms with Crippen LogP contribution in [0.25, 0.3) is 0 Å². The number of carbonyl (C=O) groups is 1. The predicted molar refractivity (Wildman–Crippen MR) is 86.9 cm³/mol. The number of rotatable bonds is 6. The smallest absolute Gasteiger partial charge is 0.314 e. The van der Waals surface area contributed by atoms with Crippen LogP contribution in [0, 0.1) is 5.92 Å². The highest BCUT2D eigenvalue weighted by Crippen LogP contribution is 2.24. The topological polar surface area (TPSA) is 61.4 Å². The molecule has 0 spiro atoms. The van der Waals surface area contributed by atoms with Crippen LogP contribution in [0.2, 0.25) is 5.02 Å². The molecular formula is C15H21ClN2O2S. The van der Waals surface area contributed by atoms with Gasteiger partial charge in [0.15, 0.2) is 0 Å². The first-order chi connectivity index (χ1) is 10.1. The summed E-state index contributed by atoms with van der Waals surface area (Å²) in [4.78, 5) is 12.8. The van der Waals surface area contributed by atoms with E-state index in [1.807, 2.05) is 24.3 Å². The normalized spacial score (nSPS) is 21.2. The van der Waals surface area contributed by atoms with E-state index < -0.39 is 0 Å². The number of hydrogen-bond acceptors (Lipinski definition) is 3. The molecule has 2 amide bonds. The minimum Gasteiger partial charge on any atom is -0.393 e. The molecule has 0 saturated heterocycles. The Kier molecular flexibility index (Phi) is 6.67. The highest BCUT2D eigenvalue weighted by Gasteiger charge is 2.22. The second-order valence-electron chi connectivity index (χ2n) is 5.27. The summed E-state index contributed by atoms with van der Waals surface area (Å²) in [6.07, 6.45) is 2.46. The van der Waals surface area contributed by atoms with Gasteiger partial charge in [0.2, 0.25) is 0 Å². The minimum absolute atomic E-state index is 0.131. The Balaban J connectivity index is 1.54. The molecule has 0 aliphatic heterocycles. The monoisotopic (exact) mass is 328 g/mol. The van der Waals surface area contributed by atoms with Crippen LogP contribution in [0.15, 0.2) is 29.2 Å². The van der Waals surface area contributed by atoms with Crippen LogP contribution >= 0.6 is 23.4 Å². The highest BCUT2D eigenvalue weighted by atomic mass is 35.5. The fraction of sp³-hybridized carbons (Fsp3) is 0.533. The average Bonchev–Trinajstić information content (AvgIpc) is 2.89. The average molecular weight is 329 g/mol. The molecule has 1 aliphatic carbocycles. The zero-order valence-corrected chi connectivity index (χ0v) is 13.4. The lowest BCUT2D eigenvalue weighted by Crippen LogP contribution is -2.38. The molecular weight excluding hydrogens is 308 g/mol. The van der Waals surface area contributed by atoms with Gasteiger partial charge in [-0.1, -0.05) is 11.6 Å². The van der Waals surface area contributed by atoms with E-state index in [0.717, 1.165) is 34.9 Å². The maximum Gasteiger partial charge on any atom is 0.314 e. The zero-order valence-electron chi connectivity index (χ0n) is 11.8. The molecule has 1 fully saturated rings. The second-order valence-corrected chi connectivity index (χ2v) is 6.88. The summed E-state index contributed by atoms with van der Waals surface area (Å²) in [7, 11) is 0. The largest absolute Gasteiger partial charge is 0.393 e. The lowest BCUT2D eigenvalue weighted by molar-refractivity contribution is 0.177. The molecule has 0 radical (unpaired) electrons. The van der Waals surface area contributed by atoms with Crippen LogP contribution < -0.4 is 10.6 Å². The van der Waals surface area contributed by atoms with Crippen LogP contribution in [0.4, 0.5) is 4.79 Å². The number of nitrogens with one attached hydrogen (secondary N) is 2. The number of hydrogen-bond donors (Lipinski definition) is 3. The van der Waals surface area contributed by atoms with Crippen LogP contribution in [-0.4, -0.2) is 36.1 Å². The molecule has 21 heavy (non-hydrogen) atoms. The second kappa shape index (κ2) is 8.51. The SMILES string of the molecule is O=C(NCCSc1ccc(Cl)cc1)NC[C@H]1CC[C@@H](O)C1. The molecule has 0 bridgehead atoms. The first-order valence-corrected chi connectivity index (χ1v) is 8.58. The van der Waals surface area contributed by atoms with Gasteiger partial charge in [0.25, 0.3) is 0 Å². The van der Waals surface area contributed by atoms with Gasteiger partial charge in [-0.2, -0.15) is 0 Å². The number of carbonyl (C=O) groups excluding carboxylic acids is 1. The van der Waals surface area contributed by atoms with E-state index in [9.17, 15) is 9.90 Å². The Hall–Kier alpha value is -0.910. The van der Waals surface area contributed by atoms with E-state index in [4.69, 9.17) is 11.6 Å². The summed E-state index contributed by atoms with van der Waals surface area (Å²) in [6, 6.07) is 7.53. The summed E-state index contributed by atoms with van der Waals surface area (Å²) in [6.45, 7) is 1.26. The molecule has 1 aromatic rings. The van der Waals surface area contributed by atoms with Crippen molar-refractivity contribution in [2.45, 2.75) is 30.3 Å². The van der Waals surface area contributed by atoms with Crippen molar-refractivity contribution in [3.63, 3.8) is 0 Å². The van der Waals surface area contributed by atoms with Crippen molar-refractivity contribution in [1.29, 1.82) is 0 Å². The van der Waals surface area contributed by atoms with Gasteiger partial charge in [0.1, 0.15) is 0 Å². The van der Waals surface area contributed by atoms with Gasteiger partial charge < -0.3 is 15.7 Å². The molecule has 3 N–H and O–H groups in total. The van der Waals surface area contributed by atoms with Crippen molar-refractivity contribution in [3.05, 3.63) is 29.3 Å². The van der Waals surface area contributed by atoms with Gasteiger partial charge in [0, 0.05) is 28.8 Å². The van der Waals surface area contributed by atoms with Gasteiger partial charge in [-0.25, -0.2) is 4.79 Å². The molecule has 1 aliphatic rings. The summed E-state index contributed by atoms with van der Waals surface area (Å²) in [5.74, 6) is 1.23. The maximum absolute atomic E-state index is 11.6. The molecule has 4 nitrogen and oxygen atoms in total. The fourth-order valence-corrected chi connectivity index (χ4v) is 3.29. The van der Waals surface area contributed by atoms with Crippen LogP contribution in [0.1, 0.15) is 19.3 Å². The van der Waals surface area contributed by atoms with Crippen LogP contribution in [0.3, 0.4) is 0 Å². The van der Waals surface area contributed by atoms with Crippen molar-refractivity contribution in [2.75, 3.05) is 18.8 Å². The van der Waals surface area contributed by atoms with Crippen molar-refractivity contribution in [3.8, 4) is 0 Å². The van der Waals surface area contributed by atoms with Crippen molar-refractivity contribution < 1.29 is 9.90 Å². The van der Waals surface area contributed by atoms with E-state index in [1.54, 1.807) is 11.8 Å². The molecule has 1 saturated carbocycles. The Labute approximate surface area is 134 Å². The lowest BCUT2D eigenvalue weighted by Gasteiger charge is -2.11. The first kappa shape index (κ1) is 16.5. The van der Waals surface area contributed by atoms with Crippen molar-refractivity contribution in [2.24, 2.45) is 5.92 Å². The van der Waals surface area contributed by atoms with E-state index in [1.165, 1.54) is 0 Å². The third-order valence-corrected chi connectivity index (χ3v) is 4.80. The quantitative estimate of drug-likeness (QED) is 0.556. The highest BCUT2D eigenvalue weighted by molar-refractivity contribution is 7.99. The molecule has 2 rings (SSSR count). The standard InChI is InChI=1S/C15H21ClN2O2S/c16-12-2-5-14(6-3-12)21-8-7-17-15(20)18-10-11-1-4-13(19)9-11/h2-3,5-6,11,13,19H,1,4,7-10H2,(H2,17,18,20)/t11-,13+/m0/s1. The van der Waals surface area contributed by atoms with Gasteiger partial charge in [-0.15, -0.1) is 11.8 Å². The first-order valence-electron chi connectivity index (χ1n) is 7.21. The number of thioether (sulfide) groups is 1. The van der Waals surface area contributed by atoms with Gasteiger partial charge in [0.05, 0.1) is 6.10 Å². The molecule has 0 heterocycles. The summed E-state index contributed by atoms with van der Waals surface area (Å²) < 4.78 is 0. The van der Waals surface area contributed by atoms with Crippen LogP contribution in [-0.2, 0) is 0 Å². The minimum atomic E-state index is -0.185. The van der Waals surface area contributed by atoms with Crippen molar-refractivity contribution in [1.82, 2.24) is 10.6 Å².